The van der Waals surface area contributed by atoms with Gasteiger partial charge in [0.05, 0.1) is 18.5 Å². The van der Waals surface area contributed by atoms with E-state index in [0.717, 1.165) is 16.8 Å². The number of hydrogen-bond acceptors (Lipinski definition) is 4. The lowest BCUT2D eigenvalue weighted by molar-refractivity contribution is 0.102. The van der Waals surface area contributed by atoms with Crippen molar-refractivity contribution < 1.29 is 9.53 Å². The number of benzene rings is 2. The molecule has 0 spiro atoms. The summed E-state index contributed by atoms with van der Waals surface area (Å²) < 4.78 is 6.47. The van der Waals surface area contributed by atoms with Crippen molar-refractivity contribution in [1.82, 2.24) is 14.6 Å². The zero-order chi connectivity index (χ0) is 21.4. The number of H-pyrrole nitrogens is 1. The normalized spacial score (nSPS) is 10.9. The highest BCUT2D eigenvalue weighted by Crippen LogP contribution is 2.32. The summed E-state index contributed by atoms with van der Waals surface area (Å²) in [4.78, 5) is 30.7. The van der Waals surface area contributed by atoms with E-state index >= 15 is 0 Å². The molecular formula is C22H19ClN4O3. The molecule has 1 amide bonds. The van der Waals surface area contributed by atoms with Gasteiger partial charge < -0.3 is 10.1 Å². The third-order valence-corrected chi connectivity index (χ3v) is 5.25. The van der Waals surface area contributed by atoms with E-state index in [9.17, 15) is 9.59 Å². The van der Waals surface area contributed by atoms with Crippen LogP contribution in [-0.2, 0) is 0 Å². The highest BCUT2D eigenvalue weighted by Gasteiger charge is 2.22. The van der Waals surface area contributed by atoms with Crippen molar-refractivity contribution in [3.63, 3.8) is 0 Å². The van der Waals surface area contributed by atoms with Crippen LogP contribution in [0.1, 0.15) is 21.7 Å². The number of carbonyl (C=O) groups excluding carboxylic acids is 1. The average Bonchev–Trinajstić information content (AvgIpc) is 3.06. The lowest BCUT2D eigenvalue weighted by Crippen LogP contribution is -2.29. The van der Waals surface area contributed by atoms with E-state index in [0.29, 0.717) is 22.8 Å². The molecule has 152 valence electrons. The van der Waals surface area contributed by atoms with Crippen LogP contribution in [0.3, 0.4) is 0 Å². The van der Waals surface area contributed by atoms with Crippen molar-refractivity contribution >= 4 is 28.8 Å². The monoisotopic (exact) mass is 422 g/mol. The molecule has 30 heavy (non-hydrogen) atoms. The first-order chi connectivity index (χ1) is 14.4. The molecule has 4 aromatic rings. The van der Waals surface area contributed by atoms with Gasteiger partial charge in [-0.1, -0.05) is 48.0 Å². The summed E-state index contributed by atoms with van der Waals surface area (Å²) in [5, 5.41) is 5.96. The molecule has 2 heterocycles. The lowest BCUT2D eigenvalue weighted by atomic mass is 10.1. The van der Waals surface area contributed by atoms with Crippen LogP contribution in [0.2, 0.25) is 5.02 Å². The smallest absolute Gasteiger partial charge is 0.285 e. The Hall–Kier alpha value is -3.58. The van der Waals surface area contributed by atoms with Crippen LogP contribution in [0.25, 0.3) is 16.8 Å². The van der Waals surface area contributed by atoms with Crippen LogP contribution in [0, 0.1) is 13.8 Å². The number of amides is 1. The van der Waals surface area contributed by atoms with Gasteiger partial charge in [-0.05, 0) is 31.5 Å². The zero-order valence-corrected chi connectivity index (χ0v) is 17.4. The SMILES string of the molecule is COc1cccc(NC(=O)c2c(C)nc3c(-c4ccccc4)c(C)[nH]n3c2=O)c1Cl. The molecule has 0 radical (unpaired) electrons. The van der Waals surface area contributed by atoms with Gasteiger partial charge in [-0.25, -0.2) is 9.50 Å². The van der Waals surface area contributed by atoms with Crippen molar-refractivity contribution in [2.45, 2.75) is 13.8 Å². The largest absolute Gasteiger partial charge is 0.495 e. The number of halogens is 1. The number of rotatable bonds is 4. The average molecular weight is 423 g/mol. The summed E-state index contributed by atoms with van der Waals surface area (Å²) in [5.41, 5.74) is 3.12. The molecule has 0 saturated heterocycles. The summed E-state index contributed by atoms with van der Waals surface area (Å²) in [6.07, 6.45) is 0. The second-order valence-corrected chi connectivity index (χ2v) is 7.17. The standard InChI is InChI=1S/C22H19ClN4O3/c1-12-18(21(28)25-15-10-7-11-16(30-3)19(15)23)22(29)27-20(24-12)17(13(2)26-27)14-8-5-4-6-9-14/h4-11,26H,1-3H3,(H,25,28). The molecule has 0 bridgehead atoms. The highest BCUT2D eigenvalue weighted by molar-refractivity contribution is 6.35. The fourth-order valence-electron chi connectivity index (χ4n) is 3.45. The Bertz CT molecular complexity index is 1330. The van der Waals surface area contributed by atoms with Gasteiger partial charge in [0, 0.05) is 11.3 Å². The minimum atomic E-state index is -0.594. The van der Waals surface area contributed by atoms with Crippen molar-refractivity contribution in [1.29, 1.82) is 0 Å². The van der Waals surface area contributed by atoms with Crippen molar-refractivity contribution in [3.8, 4) is 16.9 Å². The van der Waals surface area contributed by atoms with Gasteiger partial charge in [-0.3, -0.25) is 14.7 Å². The summed E-state index contributed by atoms with van der Waals surface area (Å²) >= 11 is 6.26. The topological polar surface area (TPSA) is 88.5 Å². The van der Waals surface area contributed by atoms with Gasteiger partial charge in [0.1, 0.15) is 16.3 Å². The molecule has 4 rings (SSSR count). The Balaban J connectivity index is 1.82. The number of nitrogens with one attached hydrogen (secondary N) is 2. The third kappa shape index (κ3) is 3.23. The van der Waals surface area contributed by atoms with Crippen LogP contribution in [0.15, 0.2) is 53.3 Å². The Labute approximate surface area is 177 Å². The Morgan fingerprint density at radius 1 is 1.13 bits per heavy atom. The zero-order valence-electron chi connectivity index (χ0n) is 16.6. The number of ether oxygens (including phenoxy) is 1. The van der Waals surface area contributed by atoms with Crippen LogP contribution in [0.5, 0.6) is 5.75 Å². The molecule has 0 aliphatic carbocycles. The molecule has 0 unspecified atom stereocenters. The summed E-state index contributed by atoms with van der Waals surface area (Å²) in [6, 6.07) is 14.7. The Kier molecular flexibility index (Phi) is 5.05. The fourth-order valence-corrected chi connectivity index (χ4v) is 3.70. The number of aromatic amines is 1. The van der Waals surface area contributed by atoms with E-state index in [4.69, 9.17) is 16.3 Å². The van der Waals surface area contributed by atoms with Crippen LogP contribution in [-0.4, -0.2) is 27.6 Å². The van der Waals surface area contributed by atoms with Crippen molar-refractivity contribution in [2.24, 2.45) is 0 Å². The Morgan fingerprint density at radius 2 is 1.87 bits per heavy atom. The summed E-state index contributed by atoms with van der Waals surface area (Å²) in [6.45, 7) is 3.50. The number of nitrogens with zero attached hydrogens (tertiary/aromatic N) is 2. The predicted octanol–water partition coefficient (Wildman–Crippen LogP) is 4.22. The first-order valence-corrected chi connectivity index (χ1v) is 9.61. The maximum absolute atomic E-state index is 13.2. The van der Waals surface area contributed by atoms with E-state index in [2.05, 4.69) is 15.4 Å². The second kappa shape index (κ2) is 7.68. The number of hydrogen-bond donors (Lipinski definition) is 2. The number of anilines is 1. The fraction of sp³-hybridized carbons (Fsp3) is 0.136. The molecule has 0 saturated carbocycles. The Morgan fingerprint density at radius 3 is 2.57 bits per heavy atom. The lowest BCUT2D eigenvalue weighted by Gasteiger charge is -2.11. The van der Waals surface area contributed by atoms with Crippen LogP contribution in [0.4, 0.5) is 5.69 Å². The van der Waals surface area contributed by atoms with Gasteiger partial charge in [0.2, 0.25) is 0 Å². The summed E-state index contributed by atoms with van der Waals surface area (Å²) in [7, 11) is 1.49. The molecule has 0 aliphatic heterocycles. The van der Waals surface area contributed by atoms with Gasteiger partial charge in [-0.15, -0.1) is 0 Å². The molecule has 2 aromatic carbocycles. The molecule has 2 aromatic heterocycles. The van der Waals surface area contributed by atoms with Gasteiger partial charge >= 0.3 is 0 Å². The van der Waals surface area contributed by atoms with Crippen LogP contribution >= 0.6 is 11.6 Å². The van der Waals surface area contributed by atoms with Gasteiger partial charge in [-0.2, -0.15) is 0 Å². The molecule has 2 N–H and O–H groups in total. The van der Waals surface area contributed by atoms with Gasteiger partial charge in [0.25, 0.3) is 11.5 Å². The van der Waals surface area contributed by atoms with E-state index in [1.165, 1.54) is 11.6 Å². The molecule has 0 fully saturated rings. The number of fused-ring (bicyclic) bond motifs is 1. The van der Waals surface area contributed by atoms with E-state index < -0.39 is 11.5 Å². The van der Waals surface area contributed by atoms with Gasteiger partial charge in [0.15, 0.2) is 5.65 Å². The molecule has 0 aliphatic rings. The minimum Gasteiger partial charge on any atom is -0.495 e. The molecule has 8 heteroatoms. The highest BCUT2D eigenvalue weighted by atomic mass is 35.5. The van der Waals surface area contributed by atoms with Crippen molar-refractivity contribution in [3.05, 3.63) is 80.9 Å². The molecule has 7 nitrogen and oxygen atoms in total. The van der Waals surface area contributed by atoms with E-state index in [1.54, 1.807) is 25.1 Å². The van der Waals surface area contributed by atoms with Crippen molar-refractivity contribution in [2.75, 3.05) is 12.4 Å². The minimum absolute atomic E-state index is 0.0627. The number of carbonyl (C=O) groups is 1. The third-order valence-electron chi connectivity index (χ3n) is 4.86. The first-order valence-electron chi connectivity index (χ1n) is 9.23. The number of methoxy groups -OCH3 is 1. The maximum Gasteiger partial charge on any atom is 0.285 e. The van der Waals surface area contributed by atoms with E-state index in [1.807, 2.05) is 37.3 Å². The van der Waals surface area contributed by atoms with Crippen LogP contribution < -0.4 is 15.6 Å². The number of aromatic nitrogens is 3. The first kappa shape index (κ1) is 19.7. The number of aryl methyl sites for hydroxylation is 2. The maximum atomic E-state index is 13.2. The summed E-state index contributed by atoms with van der Waals surface area (Å²) in [5.74, 6) is -0.174. The van der Waals surface area contributed by atoms with E-state index in [-0.39, 0.29) is 10.6 Å². The molecule has 0 atom stereocenters. The second-order valence-electron chi connectivity index (χ2n) is 6.79. The quantitative estimate of drug-likeness (QED) is 0.515. The molecular weight excluding hydrogens is 404 g/mol. The predicted molar refractivity (Wildman–Crippen MR) is 117 cm³/mol.